The molecule has 1 fully saturated rings. The molecular formula is C32H28FN5O3S. The first-order chi connectivity index (χ1) is 20.4. The number of amidine groups is 1. The number of pyridine rings is 1. The van der Waals surface area contributed by atoms with E-state index in [-0.39, 0.29) is 30.7 Å². The van der Waals surface area contributed by atoms with Crippen LogP contribution < -0.4 is 10.6 Å². The number of carbonyl (C=O) groups excluding carboxylic acids is 3. The smallest absolute Gasteiger partial charge is 0.247 e. The molecule has 1 aliphatic rings. The standard InChI is InChI=1S/C32H28FN5O3S/c1-21(35-28(39)18-22-8-3-2-4-9-22)30(40)36-25-15-13-23(14-16-25)29-31(41)38(20-27-11-5-6-17-34-27)32(42-29)37-26-12-7-10-24(33)19-26/h2-17,19,21,29H,18,20H2,1H3,(H,35,39)(H,36,40)/t21-,29?/m0/s1. The lowest BCUT2D eigenvalue weighted by molar-refractivity contribution is -0.126. The van der Waals surface area contributed by atoms with Gasteiger partial charge < -0.3 is 10.6 Å². The van der Waals surface area contributed by atoms with Crippen LogP contribution in [0.2, 0.25) is 0 Å². The van der Waals surface area contributed by atoms with E-state index < -0.39 is 17.1 Å². The molecule has 212 valence electrons. The van der Waals surface area contributed by atoms with Crippen molar-refractivity contribution in [3.8, 4) is 0 Å². The highest BCUT2D eigenvalue weighted by molar-refractivity contribution is 8.15. The Morgan fingerprint density at radius 3 is 2.48 bits per heavy atom. The number of hydrogen-bond donors (Lipinski definition) is 2. The zero-order chi connectivity index (χ0) is 29.5. The molecule has 0 spiro atoms. The van der Waals surface area contributed by atoms with Gasteiger partial charge in [0.15, 0.2) is 5.17 Å². The molecule has 4 aromatic rings. The summed E-state index contributed by atoms with van der Waals surface area (Å²) in [6.45, 7) is 1.84. The second kappa shape index (κ2) is 13.2. The predicted octanol–water partition coefficient (Wildman–Crippen LogP) is 5.41. The molecule has 0 aliphatic carbocycles. The van der Waals surface area contributed by atoms with Gasteiger partial charge in [-0.05, 0) is 60.5 Å². The summed E-state index contributed by atoms with van der Waals surface area (Å²) >= 11 is 1.27. The maximum absolute atomic E-state index is 13.8. The van der Waals surface area contributed by atoms with Crippen molar-refractivity contribution in [3.05, 3.63) is 126 Å². The first-order valence-corrected chi connectivity index (χ1v) is 14.2. The third kappa shape index (κ3) is 7.27. The summed E-state index contributed by atoms with van der Waals surface area (Å²) in [5.41, 5.74) is 3.22. The lowest BCUT2D eigenvalue weighted by atomic mass is 10.1. The Labute approximate surface area is 247 Å². The van der Waals surface area contributed by atoms with Gasteiger partial charge in [-0.25, -0.2) is 9.38 Å². The van der Waals surface area contributed by atoms with Crippen LogP contribution in [-0.2, 0) is 27.3 Å². The third-order valence-corrected chi connectivity index (χ3v) is 7.71. The highest BCUT2D eigenvalue weighted by Crippen LogP contribution is 2.41. The van der Waals surface area contributed by atoms with Crippen molar-refractivity contribution in [1.82, 2.24) is 15.2 Å². The number of nitrogens with zero attached hydrogens (tertiary/aromatic N) is 3. The van der Waals surface area contributed by atoms with Gasteiger partial charge in [-0.3, -0.25) is 24.3 Å². The Hall–Kier alpha value is -4.83. The highest BCUT2D eigenvalue weighted by atomic mass is 32.2. The molecule has 5 rings (SSSR count). The fourth-order valence-corrected chi connectivity index (χ4v) is 5.51. The Kier molecular flexibility index (Phi) is 9.03. The van der Waals surface area contributed by atoms with Gasteiger partial charge in [-0.1, -0.05) is 66.4 Å². The number of aliphatic imine (C=N–C) groups is 1. The van der Waals surface area contributed by atoms with Crippen molar-refractivity contribution in [2.24, 2.45) is 4.99 Å². The Bertz CT molecular complexity index is 1600. The molecule has 8 nitrogen and oxygen atoms in total. The van der Waals surface area contributed by atoms with Gasteiger partial charge in [0.1, 0.15) is 17.1 Å². The van der Waals surface area contributed by atoms with Crippen molar-refractivity contribution in [3.63, 3.8) is 0 Å². The summed E-state index contributed by atoms with van der Waals surface area (Å²) in [5, 5.41) is 5.38. The first kappa shape index (κ1) is 28.7. The SMILES string of the molecule is C[C@H](NC(=O)Cc1ccccc1)C(=O)Nc1ccc(C2SC(=Nc3cccc(F)c3)N(Cc3ccccn3)C2=O)cc1. The molecule has 2 atom stereocenters. The van der Waals surface area contributed by atoms with E-state index in [1.54, 1.807) is 60.5 Å². The van der Waals surface area contributed by atoms with Crippen molar-refractivity contribution >= 4 is 46.0 Å². The number of rotatable bonds is 9. The molecule has 0 radical (unpaired) electrons. The Morgan fingerprint density at radius 1 is 1.00 bits per heavy atom. The largest absolute Gasteiger partial charge is 0.344 e. The molecule has 3 amide bonds. The number of amides is 3. The van der Waals surface area contributed by atoms with E-state index in [1.807, 2.05) is 42.5 Å². The predicted molar refractivity (Wildman–Crippen MR) is 161 cm³/mol. The van der Waals surface area contributed by atoms with Crippen molar-refractivity contribution in [2.75, 3.05) is 5.32 Å². The summed E-state index contributed by atoms with van der Waals surface area (Å²) in [4.78, 5) is 49.1. The van der Waals surface area contributed by atoms with E-state index in [0.717, 1.165) is 11.1 Å². The number of halogens is 1. The molecule has 1 aromatic heterocycles. The van der Waals surface area contributed by atoms with Gasteiger partial charge in [0.25, 0.3) is 0 Å². The normalized spacial score (nSPS) is 16.3. The van der Waals surface area contributed by atoms with Crippen LogP contribution in [-0.4, -0.2) is 38.8 Å². The molecule has 0 saturated carbocycles. The van der Waals surface area contributed by atoms with E-state index in [0.29, 0.717) is 22.2 Å². The molecule has 0 bridgehead atoms. The second-order valence-corrected chi connectivity index (χ2v) is 10.8. The zero-order valence-corrected chi connectivity index (χ0v) is 23.6. The zero-order valence-electron chi connectivity index (χ0n) is 22.7. The van der Waals surface area contributed by atoms with E-state index in [4.69, 9.17) is 0 Å². The van der Waals surface area contributed by atoms with Gasteiger partial charge in [0.2, 0.25) is 17.7 Å². The van der Waals surface area contributed by atoms with E-state index in [2.05, 4.69) is 20.6 Å². The highest BCUT2D eigenvalue weighted by Gasteiger charge is 2.39. The summed E-state index contributed by atoms with van der Waals surface area (Å²) in [6, 6.07) is 26.9. The summed E-state index contributed by atoms with van der Waals surface area (Å²) < 4.78 is 13.8. The maximum atomic E-state index is 13.8. The number of thioether (sulfide) groups is 1. The van der Waals surface area contributed by atoms with E-state index in [9.17, 15) is 18.8 Å². The minimum absolute atomic E-state index is 0.174. The lowest BCUT2D eigenvalue weighted by Crippen LogP contribution is -2.42. The van der Waals surface area contributed by atoms with Crippen molar-refractivity contribution in [1.29, 1.82) is 0 Å². The molecule has 2 N–H and O–H groups in total. The van der Waals surface area contributed by atoms with Crippen LogP contribution in [0.5, 0.6) is 0 Å². The third-order valence-electron chi connectivity index (χ3n) is 6.48. The fraction of sp³-hybridized carbons (Fsp3) is 0.156. The van der Waals surface area contributed by atoms with Gasteiger partial charge in [-0.2, -0.15) is 0 Å². The van der Waals surface area contributed by atoms with Gasteiger partial charge in [0.05, 0.1) is 24.3 Å². The number of hydrogen-bond acceptors (Lipinski definition) is 6. The molecule has 1 unspecified atom stereocenters. The Morgan fingerprint density at radius 2 is 1.76 bits per heavy atom. The molecule has 42 heavy (non-hydrogen) atoms. The first-order valence-electron chi connectivity index (χ1n) is 13.3. The fourth-order valence-electron chi connectivity index (χ4n) is 4.34. The monoisotopic (exact) mass is 581 g/mol. The second-order valence-electron chi connectivity index (χ2n) is 9.68. The molecule has 1 aliphatic heterocycles. The van der Waals surface area contributed by atoms with Crippen molar-refractivity contribution in [2.45, 2.75) is 31.2 Å². The number of aromatic nitrogens is 1. The van der Waals surface area contributed by atoms with Crippen LogP contribution >= 0.6 is 11.8 Å². The molecule has 2 heterocycles. The maximum Gasteiger partial charge on any atom is 0.247 e. The van der Waals surface area contributed by atoms with Crippen molar-refractivity contribution < 1.29 is 18.8 Å². The van der Waals surface area contributed by atoms with Crippen LogP contribution in [0.15, 0.2) is 108 Å². The summed E-state index contributed by atoms with van der Waals surface area (Å²) in [6.07, 6.45) is 1.84. The molecule has 1 saturated heterocycles. The van der Waals surface area contributed by atoms with Crippen LogP contribution in [0.4, 0.5) is 15.8 Å². The van der Waals surface area contributed by atoms with Crippen LogP contribution in [0.3, 0.4) is 0 Å². The van der Waals surface area contributed by atoms with Crippen LogP contribution in [0.1, 0.15) is 29.0 Å². The minimum atomic E-state index is -0.741. The molecular weight excluding hydrogens is 553 g/mol. The van der Waals surface area contributed by atoms with Gasteiger partial charge >= 0.3 is 0 Å². The summed E-state index contributed by atoms with van der Waals surface area (Å²) in [7, 11) is 0. The average molecular weight is 582 g/mol. The van der Waals surface area contributed by atoms with Crippen LogP contribution in [0.25, 0.3) is 0 Å². The summed E-state index contributed by atoms with van der Waals surface area (Å²) in [5.74, 6) is -1.20. The van der Waals surface area contributed by atoms with Crippen LogP contribution in [0, 0.1) is 5.82 Å². The number of anilines is 1. The van der Waals surface area contributed by atoms with Gasteiger partial charge in [-0.15, -0.1) is 0 Å². The molecule has 3 aromatic carbocycles. The number of nitrogens with one attached hydrogen (secondary N) is 2. The van der Waals surface area contributed by atoms with Gasteiger partial charge in [0, 0.05) is 11.9 Å². The quantitative estimate of drug-likeness (QED) is 0.275. The Balaban J connectivity index is 1.26. The molecule has 10 heteroatoms. The minimum Gasteiger partial charge on any atom is -0.344 e. The van der Waals surface area contributed by atoms with E-state index >= 15 is 0 Å². The average Bonchev–Trinajstić information content (AvgIpc) is 3.28. The topological polar surface area (TPSA) is 104 Å². The lowest BCUT2D eigenvalue weighted by Gasteiger charge is -2.16. The van der Waals surface area contributed by atoms with E-state index in [1.165, 1.54) is 23.9 Å². The number of carbonyl (C=O) groups is 3. The number of benzene rings is 3.